The van der Waals surface area contributed by atoms with Gasteiger partial charge in [-0.15, -0.1) is 0 Å². The maximum Gasteiger partial charge on any atom is 0.274 e. The Morgan fingerprint density at radius 2 is 1.92 bits per heavy atom. The lowest BCUT2D eigenvalue weighted by Gasteiger charge is -2.44. The predicted octanol–water partition coefficient (Wildman–Crippen LogP) is 2.92. The number of carbonyl (C=O) groups excluding carboxylic acids is 1. The predicted molar refractivity (Wildman–Crippen MR) is 97.7 cm³/mol. The van der Waals surface area contributed by atoms with Gasteiger partial charge >= 0.3 is 0 Å². The topological polar surface area (TPSA) is 55.2 Å². The van der Waals surface area contributed by atoms with Crippen molar-refractivity contribution in [2.24, 2.45) is 5.41 Å². The van der Waals surface area contributed by atoms with Gasteiger partial charge in [0.2, 0.25) is 0 Å². The molecule has 0 spiro atoms. The van der Waals surface area contributed by atoms with Gasteiger partial charge in [-0.05, 0) is 30.4 Å². The molecule has 5 heteroatoms. The second-order valence-corrected chi connectivity index (χ2v) is 7.33. The minimum Gasteiger partial charge on any atom is -0.337 e. The number of piperidine rings is 1. The molecule has 1 fully saturated rings. The second-order valence-electron chi connectivity index (χ2n) is 7.33. The summed E-state index contributed by atoms with van der Waals surface area (Å²) in [5.74, 6) is 0.183. The van der Waals surface area contributed by atoms with Gasteiger partial charge in [-0.1, -0.05) is 44.2 Å². The highest BCUT2D eigenvalue weighted by Crippen LogP contribution is 2.42. The van der Waals surface area contributed by atoms with Crippen molar-refractivity contribution in [1.82, 2.24) is 14.7 Å². The number of aryl methyl sites for hydroxylation is 1. The van der Waals surface area contributed by atoms with E-state index in [0.29, 0.717) is 25.3 Å². The summed E-state index contributed by atoms with van der Waals surface area (Å²) in [4.78, 5) is 26.5. The van der Waals surface area contributed by atoms with Crippen LogP contribution in [0.1, 0.15) is 49.2 Å². The molecule has 1 atom stereocenters. The Balaban J connectivity index is 1.86. The highest BCUT2D eigenvalue weighted by molar-refractivity contribution is 5.92. The molecule has 1 amide bonds. The van der Waals surface area contributed by atoms with Crippen LogP contribution < -0.4 is 5.56 Å². The highest BCUT2D eigenvalue weighted by Gasteiger charge is 2.38. The highest BCUT2D eigenvalue weighted by atomic mass is 16.2. The summed E-state index contributed by atoms with van der Waals surface area (Å²) in [5.41, 5.74) is 1.55. The van der Waals surface area contributed by atoms with Gasteiger partial charge in [0.1, 0.15) is 5.69 Å². The van der Waals surface area contributed by atoms with E-state index in [1.807, 2.05) is 30.0 Å². The molecular weight excluding hydrogens is 314 g/mol. The van der Waals surface area contributed by atoms with E-state index in [0.717, 1.165) is 6.42 Å². The Labute approximate surface area is 148 Å². The first-order chi connectivity index (χ1) is 11.9. The molecule has 25 heavy (non-hydrogen) atoms. The normalized spacial score (nSPS) is 19.6. The smallest absolute Gasteiger partial charge is 0.274 e. The Morgan fingerprint density at radius 3 is 2.60 bits per heavy atom. The van der Waals surface area contributed by atoms with Crippen molar-refractivity contribution >= 4 is 5.91 Å². The molecule has 1 unspecified atom stereocenters. The minimum atomic E-state index is -0.180. The van der Waals surface area contributed by atoms with E-state index < -0.39 is 0 Å². The largest absolute Gasteiger partial charge is 0.337 e. The Bertz CT molecular complexity index is 811. The van der Waals surface area contributed by atoms with Crippen LogP contribution in [-0.2, 0) is 6.54 Å². The first-order valence-corrected chi connectivity index (χ1v) is 8.85. The fourth-order valence-electron chi connectivity index (χ4n) is 3.53. The lowest BCUT2D eigenvalue weighted by molar-refractivity contribution is 0.0559. The quantitative estimate of drug-likeness (QED) is 0.864. The van der Waals surface area contributed by atoms with Crippen LogP contribution >= 0.6 is 0 Å². The number of hydrogen-bond acceptors (Lipinski definition) is 3. The molecule has 1 aromatic heterocycles. The van der Waals surface area contributed by atoms with E-state index in [4.69, 9.17) is 0 Å². The third kappa shape index (κ3) is 3.50. The number of hydrogen-bond donors (Lipinski definition) is 0. The zero-order chi connectivity index (χ0) is 18.0. The Hall–Kier alpha value is -2.43. The molecule has 2 aromatic rings. The molecular formula is C20H25N3O2. The zero-order valence-electron chi connectivity index (χ0n) is 15.1. The van der Waals surface area contributed by atoms with Crippen LogP contribution in [0.3, 0.4) is 0 Å². The standard InChI is InChI=1S/C20H25N3O2/c1-4-23-18(24)11-10-17(21-23)19(25)22-13-12-20(2,3)16(14-22)15-8-6-5-7-9-15/h5-11,16H,4,12-14H2,1-3H3. The van der Waals surface area contributed by atoms with Gasteiger partial charge in [-0.2, -0.15) is 5.10 Å². The molecule has 1 saturated heterocycles. The molecule has 0 radical (unpaired) electrons. The van der Waals surface area contributed by atoms with Crippen molar-refractivity contribution < 1.29 is 4.79 Å². The molecule has 2 heterocycles. The van der Waals surface area contributed by atoms with Crippen molar-refractivity contribution in [3.8, 4) is 0 Å². The summed E-state index contributed by atoms with van der Waals surface area (Å²) in [5, 5.41) is 4.21. The van der Waals surface area contributed by atoms with Crippen molar-refractivity contribution in [2.45, 2.75) is 39.7 Å². The van der Waals surface area contributed by atoms with E-state index in [9.17, 15) is 9.59 Å². The third-order valence-corrected chi connectivity index (χ3v) is 5.25. The summed E-state index contributed by atoms with van der Waals surface area (Å²) in [7, 11) is 0. The van der Waals surface area contributed by atoms with Crippen LogP contribution in [0.2, 0.25) is 0 Å². The number of carbonyl (C=O) groups is 1. The monoisotopic (exact) mass is 339 g/mol. The SMILES string of the molecule is CCn1nc(C(=O)N2CCC(C)(C)C(c3ccccc3)C2)ccc1=O. The van der Waals surface area contributed by atoms with Crippen molar-refractivity contribution in [2.75, 3.05) is 13.1 Å². The molecule has 0 aliphatic carbocycles. The van der Waals surface area contributed by atoms with Gasteiger partial charge in [0.05, 0.1) is 0 Å². The van der Waals surface area contributed by atoms with Crippen LogP contribution in [0.4, 0.5) is 0 Å². The number of benzene rings is 1. The van der Waals surface area contributed by atoms with Gasteiger partial charge < -0.3 is 4.90 Å². The average Bonchev–Trinajstić information content (AvgIpc) is 2.62. The molecule has 0 saturated carbocycles. The van der Waals surface area contributed by atoms with Crippen LogP contribution in [0.5, 0.6) is 0 Å². The van der Waals surface area contributed by atoms with E-state index in [1.54, 1.807) is 0 Å². The number of aromatic nitrogens is 2. The fourth-order valence-corrected chi connectivity index (χ4v) is 3.53. The minimum absolute atomic E-state index is 0.0985. The lowest BCUT2D eigenvalue weighted by Crippen LogP contribution is -2.46. The van der Waals surface area contributed by atoms with E-state index in [1.165, 1.54) is 22.4 Å². The summed E-state index contributed by atoms with van der Waals surface area (Å²) in [6.45, 7) is 8.21. The van der Waals surface area contributed by atoms with Crippen molar-refractivity contribution in [1.29, 1.82) is 0 Å². The van der Waals surface area contributed by atoms with E-state index in [-0.39, 0.29) is 22.8 Å². The van der Waals surface area contributed by atoms with Gasteiger partial charge in [-0.3, -0.25) is 9.59 Å². The second kappa shape index (κ2) is 6.82. The number of nitrogens with zero attached hydrogens (tertiary/aromatic N) is 3. The van der Waals surface area contributed by atoms with Crippen molar-refractivity contribution in [3.63, 3.8) is 0 Å². The fraction of sp³-hybridized carbons (Fsp3) is 0.450. The summed E-state index contributed by atoms with van der Waals surface area (Å²) in [6.07, 6.45) is 0.936. The molecule has 5 nitrogen and oxygen atoms in total. The van der Waals surface area contributed by atoms with Gasteiger partial charge in [-0.25, -0.2) is 4.68 Å². The van der Waals surface area contributed by atoms with Crippen LogP contribution in [0.15, 0.2) is 47.3 Å². The molecule has 1 aliphatic heterocycles. The summed E-state index contributed by atoms with van der Waals surface area (Å²) >= 11 is 0. The van der Waals surface area contributed by atoms with E-state index in [2.05, 4.69) is 31.1 Å². The maximum absolute atomic E-state index is 12.9. The van der Waals surface area contributed by atoms with E-state index >= 15 is 0 Å². The summed E-state index contributed by atoms with van der Waals surface area (Å²) in [6, 6.07) is 13.3. The first-order valence-electron chi connectivity index (χ1n) is 8.85. The lowest BCUT2D eigenvalue weighted by atomic mass is 9.70. The first kappa shape index (κ1) is 17.4. The zero-order valence-corrected chi connectivity index (χ0v) is 15.1. The molecule has 1 aliphatic rings. The van der Waals surface area contributed by atoms with Crippen LogP contribution in [-0.4, -0.2) is 33.7 Å². The Morgan fingerprint density at radius 1 is 1.20 bits per heavy atom. The Kier molecular flexibility index (Phi) is 4.75. The average molecular weight is 339 g/mol. The van der Waals surface area contributed by atoms with Gasteiger partial charge in [0.15, 0.2) is 0 Å². The number of likely N-dealkylation sites (tertiary alicyclic amines) is 1. The third-order valence-electron chi connectivity index (χ3n) is 5.25. The molecule has 3 rings (SSSR count). The van der Waals surface area contributed by atoms with Gasteiger partial charge in [0.25, 0.3) is 11.5 Å². The molecule has 0 N–H and O–H groups in total. The number of amides is 1. The molecule has 132 valence electrons. The van der Waals surface area contributed by atoms with Gasteiger partial charge in [0, 0.05) is 31.6 Å². The molecule has 0 bridgehead atoms. The van der Waals surface area contributed by atoms with Crippen LogP contribution in [0, 0.1) is 5.41 Å². The number of rotatable bonds is 3. The summed E-state index contributed by atoms with van der Waals surface area (Å²) < 4.78 is 1.33. The molecule has 1 aromatic carbocycles. The maximum atomic E-state index is 12.9. The van der Waals surface area contributed by atoms with Crippen LogP contribution in [0.25, 0.3) is 0 Å². The van der Waals surface area contributed by atoms with Crippen molar-refractivity contribution in [3.05, 3.63) is 64.1 Å².